The predicted molar refractivity (Wildman–Crippen MR) is 109 cm³/mol. The second-order valence-electron chi connectivity index (χ2n) is 6.94. The van der Waals surface area contributed by atoms with Crippen LogP contribution in [-0.4, -0.2) is 75.7 Å². The third kappa shape index (κ3) is 5.04. The number of hydrogen-bond donors (Lipinski definition) is 5. The summed E-state index contributed by atoms with van der Waals surface area (Å²) in [5.41, 5.74) is 0.546. The fraction of sp³-hybridized carbons (Fsp3) is 0.318. The van der Waals surface area contributed by atoms with Crippen LogP contribution in [0.2, 0.25) is 0 Å². The van der Waals surface area contributed by atoms with E-state index < -0.39 is 48.8 Å². The fourth-order valence-corrected chi connectivity index (χ4v) is 3.14. The Morgan fingerprint density at radius 2 is 1.81 bits per heavy atom. The maximum Gasteiger partial charge on any atom is 0.229 e. The minimum Gasteiger partial charge on any atom is -0.507 e. The van der Waals surface area contributed by atoms with Crippen LogP contribution in [0.3, 0.4) is 0 Å². The number of carbonyl (C=O) groups excluding carboxylic acids is 1. The van der Waals surface area contributed by atoms with Crippen molar-refractivity contribution in [1.29, 1.82) is 0 Å². The van der Waals surface area contributed by atoms with Crippen molar-refractivity contribution in [1.82, 2.24) is 0 Å². The summed E-state index contributed by atoms with van der Waals surface area (Å²) in [7, 11) is 1.35. The average molecular weight is 432 g/mol. The van der Waals surface area contributed by atoms with E-state index >= 15 is 0 Å². The van der Waals surface area contributed by atoms with Crippen molar-refractivity contribution in [3.8, 4) is 17.2 Å². The Bertz CT molecular complexity index is 926. The van der Waals surface area contributed by atoms with Crippen LogP contribution in [0, 0.1) is 0 Å². The molecule has 166 valence electrons. The molecular weight excluding hydrogens is 408 g/mol. The van der Waals surface area contributed by atoms with Crippen molar-refractivity contribution >= 4 is 11.9 Å². The Morgan fingerprint density at radius 1 is 1.10 bits per heavy atom. The average Bonchev–Trinajstić information content (AvgIpc) is 2.78. The number of aromatic hydroxyl groups is 1. The third-order valence-electron chi connectivity index (χ3n) is 4.86. The molecule has 0 unspecified atom stereocenters. The third-order valence-corrected chi connectivity index (χ3v) is 4.86. The van der Waals surface area contributed by atoms with Crippen molar-refractivity contribution < 1.29 is 44.5 Å². The highest BCUT2D eigenvalue weighted by molar-refractivity contribution is 6.10. The highest BCUT2D eigenvalue weighted by atomic mass is 16.7. The minimum atomic E-state index is -1.69. The van der Waals surface area contributed by atoms with Crippen molar-refractivity contribution in [2.24, 2.45) is 0 Å². The fourth-order valence-electron chi connectivity index (χ4n) is 3.14. The number of rotatable bonds is 7. The summed E-state index contributed by atoms with van der Waals surface area (Å²) in [6.45, 7) is -0.639. The zero-order chi connectivity index (χ0) is 22.5. The lowest BCUT2D eigenvalue weighted by Crippen LogP contribution is -2.60. The normalized spacial score (nSPS) is 26.0. The zero-order valence-electron chi connectivity index (χ0n) is 16.7. The maximum atomic E-state index is 12.8. The molecule has 1 fully saturated rings. The van der Waals surface area contributed by atoms with Gasteiger partial charge in [0, 0.05) is 12.1 Å². The highest BCUT2D eigenvalue weighted by Crippen LogP contribution is 2.36. The summed E-state index contributed by atoms with van der Waals surface area (Å²) >= 11 is 0. The maximum absolute atomic E-state index is 12.8. The van der Waals surface area contributed by atoms with Gasteiger partial charge in [0.2, 0.25) is 6.29 Å². The quantitative estimate of drug-likeness (QED) is 0.311. The largest absolute Gasteiger partial charge is 0.507 e. The molecule has 1 saturated heterocycles. The lowest BCUT2D eigenvalue weighted by molar-refractivity contribution is -0.277. The summed E-state index contributed by atoms with van der Waals surface area (Å²) in [5.74, 6) is -1.03. The number of aliphatic hydroxyl groups excluding tert-OH is 4. The molecule has 1 aliphatic heterocycles. The van der Waals surface area contributed by atoms with E-state index in [9.17, 15) is 30.3 Å². The van der Waals surface area contributed by atoms with Gasteiger partial charge in [-0.15, -0.1) is 0 Å². The highest BCUT2D eigenvalue weighted by Gasteiger charge is 2.45. The monoisotopic (exact) mass is 432 g/mol. The van der Waals surface area contributed by atoms with Crippen molar-refractivity contribution in [3.63, 3.8) is 0 Å². The Kier molecular flexibility index (Phi) is 7.26. The van der Waals surface area contributed by atoms with E-state index in [1.807, 2.05) is 18.2 Å². The molecule has 9 heteroatoms. The van der Waals surface area contributed by atoms with Gasteiger partial charge in [0.15, 0.2) is 5.78 Å². The van der Waals surface area contributed by atoms with Crippen LogP contribution in [0.25, 0.3) is 6.08 Å². The van der Waals surface area contributed by atoms with E-state index in [2.05, 4.69) is 0 Å². The molecular formula is C22H24O9. The Labute approximate surface area is 178 Å². The number of ether oxygens (including phenoxy) is 3. The van der Waals surface area contributed by atoms with Crippen molar-refractivity contribution in [3.05, 3.63) is 59.7 Å². The summed E-state index contributed by atoms with van der Waals surface area (Å²) in [6, 6.07) is 11.6. The van der Waals surface area contributed by atoms with E-state index in [1.165, 1.54) is 25.3 Å². The molecule has 0 amide bonds. The molecule has 1 aliphatic rings. The molecule has 0 bridgehead atoms. The van der Waals surface area contributed by atoms with Gasteiger partial charge in [0.1, 0.15) is 47.2 Å². The van der Waals surface area contributed by atoms with Gasteiger partial charge in [-0.2, -0.15) is 0 Å². The molecule has 1 heterocycles. The van der Waals surface area contributed by atoms with E-state index in [0.29, 0.717) is 0 Å². The molecule has 0 saturated carbocycles. The standard InChI is InChI=1S/C22H24O9/c1-29-13-9-15(25)18(14(24)8-7-12-5-3-2-4-6-12)16(10-13)30-22-21(28)20(27)19(26)17(11-23)31-22/h2-10,17,19-23,25-28H,11H2,1H3/b8-7+/t17-,19-,20+,21-,22-/m1/s1. The molecule has 3 rings (SSSR count). The summed E-state index contributed by atoms with van der Waals surface area (Å²) in [6.07, 6.45) is -4.83. The van der Waals surface area contributed by atoms with Gasteiger partial charge in [-0.3, -0.25) is 4.79 Å². The van der Waals surface area contributed by atoms with Crippen LogP contribution in [-0.2, 0) is 4.74 Å². The number of hydrogen-bond acceptors (Lipinski definition) is 9. The van der Waals surface area contributed by atoms with Gasteiger partial charge < -0.3 is 39.7 Å². The van der Waals surface area contributed by atoms with Crippen molar-refractivity contribution in [2.45, 2.75) is 30.7 Å². The molecule has 9 nitrogen and oxygen atoms in total. The smallest absolute Gasteiger partial charge is 0.229 e. The van der Waals surface area contributed by atoms with Crippen LogP contribution in [0.1, 0.15) is 15.9 Å². The summed E-state index contributed by atoms with van der Waals surface area (Å²) < 4.78 is 16.0. The van der Waals surface area contributed by atoms with Crippen LogP contribution >= 0.6 is 0 Å². The summed E-state index contributed by atoms with van der Waals surface area (Å²) in [5, 5.41) is 49.9. The molecule has 31 heavy (non-hydrogen) atoms. The number of benzene rings is 2. The van der Waals surface area contributed by atoms with Gasteiger partial charge in [0.05, 0.1) is 13.7 Å². The molecule has 0 aliphatic carbocycles. The minimum absolute atomic E-state index is 0.167. The molecule has 2 aromatic rings. The van der Waals surface area contributed by atoms with Gasteiger partial charge in [0.25, 0.3) is 0 Å². The number of phenols is 1. The van der Waals surface area contributed by atoms with Gasteiger partial charge in [-0.1, -0.05) is 36.4 Å². The molecule has 5 N–H and O–H groups in total. The van der Waals surface area contributed by atoms with E-state index in [1.54, 1.807) is 18.2 Å². The first-order valence-corrected chi connectivity index (χ1v) is 9.51. The van der Waals surface area contributed by atoms with Crippen LogP contribution in [0.5, 0.6) is 17.2 Å². The first-order valence-electron chi connectivity index (χ1n) is 9.51. The Hall–Kier alpha value is -2.95. The Balaban J connectivity index is 1.93. The molecule has 0 radical (unpaired) electrons. The topological polar surface area (TPSA) is 146 Å². The molecule has 5 atom stereocenters. The lowest BCUT2D eigenvalue weighted by atomic mass is 9.99. The van der Waals surface area contributed by atoms with E-state index in [-0.39, 0.29) is 17.1 Å². The van der Waals surface area contributed by atoms with Gasteiger partial charge in [-0.05, 0) is 11.6 Å². The SMILES string of the molecule is COc1cc(O)c(C(=O)/C=C/c2ccccc2)c(O[C@@H]2O[C@H](CO)[C@@H](O)[C@H](O)[C@H]2O)c1. The summed E-state index contributed by atoms with van der Waals surface area (Å²) in [4.78, 5) is 12.8. The molecule has 2 aromatic carbocycles. The number of phenolic OH excluding ortho intramolecular Hbond substituents is 1. The number of methoxy groups -OCH3 is 1. The molecule has 0 aromatic heterocycles. The zero-order valence-corrected chi connectivity index (χ0v) is 16.7. The van der Waals surface area contributed by atoms with Crippen LogP contribution in [0.4, 0.5) is 0 Å². The number of allylic oxidation sites excluding steroid dienone is 1. The number of ketones is 1. The second-order valence-corrected chi connectivity index (χ2v) is 6.94. The lowest BCUT2D eigenvalue weighted by Gasteiger charge is -2.39. The van der Waals surface area contributed by atoms with Crippen LogP contribution in [0.15, 0.2) is 48.5 Å². The number of carbonyl (C=O) groups is 1. The molecule has 0 spiro atoms. The van der Waals surface area contributed by atoms with Crippen LogP contribution < -0.4 is 9.47 Å². The number of aliphatic hydroxyl groups is 4. The van der Waals surface area contributed by atoms with Gasteiger partial charge in [-0.25, -0.2) is 0 Å². The first kappa shape index (κ1) is 22.7. The second kappa shape index (κ2) is 9.90. The first-order chi connectivity index (χ1) is 14.8. The van der Waals surface area contributed by atoms with Crippen molar-refractivity contribution in [2.75, 3.05) is 13.7 Å². The van der Waals surface area contributed by atoms with E-state index in [4.69, 9.17) is 14.2 Å². The van der Waals surface area contributed by atoms with E-state index in [0.717, 1.165) is 5.56 Å². The van der Waals surface area contributed by atoms with Gasteiger partial charge >= 0.3 is 0 Å². The predicted octanol–water partition coefficient (Wildman–Crippen LogP) is 0.476. The Morgan fingerprint density at radius 3 is 2.45 bits per heavy atom.